The molecule has 0 unspecified atom stereocenters. The summed E-state index contributed by atoms with van der Waals surface area (Å²) in [5.41, 5.74) is -0.464. The summed E-state index contributed by atoms with van der Waals surface area (Å²) in [6, 6.07) is 6.23. The predicted molar refractivity (Wildman–Crippen MR) is 56.5 cm³/mol. The average Bonchev–Trinajstić information content (AvgIpc) is 2.64. The quantitative estimate of drug-likeness (QED) is 0.804. The van der Waals surface area contributed by atoms with Gasteiger partial charge in [-0.25, -0.2) is 4.79 Å². The molecule has 0 bridgehead atoms. The van der Waals surface area contributed by atoms with E-state index < -0.39 is 11.5 Å². The fraction of sp³-hybridized carbons (Fsp3) is 0.0909. The van der Waals surface area contributed by atoms with E-state index in [9.17, 15) is 9.59 Å². The van der Waals surface area contributed by atoms with Crippen molar-refractivity contribution in [3.63, 3.8) is 0 Å². The van der Waals surface area contributed by atoms with Crippen LogP contribution in [0.2, 0.25) is 0 Å². The van der Waals surface area contributed by atoms with Gasteiger partial charge in [0, 0.05) is 0 Å². The topological polar surface area (TPSA) is 83.3 Å². The van der Waals surface area contributed by atoms with E-state index in [1.807, 2.05) is 0 Å². The molecule has 5 nitrogen and oxygen atoms in total. The number of aromatic carboxylic acids is 1. The van der Waals surface area contributed by atoms with Gasteiger partial charge in [0.05, 0.1) is 5.69 Å². The predicted octanol–water partition coefficient (Wildman–Crippen LogP) is 1.64. The van der Waals surface area contributed by atoms with E-state index in [1.165, 1.54) is 12.1 Å². The Morgan fingerprint density at radius 2 is 2.06 bits per heavy atom. The molecule has 0 aliphatic rings. The summed E-state index contributed by atoms with van der Waals surface area (Å²) in [6.45, 7) is 1.78. The van der Waals surface area contributed by atoms with Crippen LogP contribution in [-0.2, 0) is 0 Å². The van der Waals surface area contributed by atoms with Crippen LogP contribution in [0.25, 0.3) is 11.5 Å². The van der Waals surface area contributed by atoms with Gasteiger partial charge in [-0.1, -0.05) is 0 Å². The molecule has 0 aliphatic carbocycles. The molecule has 16 heavy (non-hydrogen) atoms. The Bertz CT molecular complexity index is 594. The van der Waals surface area contributed by atoms with Crippen molar-refractivity contribution in [3.05, 3.63) is 45.9 Å². The Hall–Kier alpha value is -2.30. The Morgan fingerprint density at radius 1 is 1.31 bits per heavy atom. The third-order valence-corrected chi connectivity index (χ3v) is 2.15. The maximum absolute atomic E-state index is 11.4. The van der Waals surface area contributed by atoms with Gasteiger partial charge in [-0.3, -0.25) is 4.79 Å². The van der Waals surface area contributed by atoms with Crippen molar-refractivity contribution in [2.45, 2.75) is 6.92 Å². The Morgan fingerprint density at radius 3 is 2.56 bits per heavy atom. The van der Waals surface area contributed by atoms with Gasteiger partial charge >= 0.3 is 5.97 Å². The van der Waals surface area contributed by atoms with E-state index in [0.29, 0.717) is 11.5 Å². The number of nitrogens with one attached hydrogen (secondary N) is 1. The third kappa shape index (κ3) is 1.75. The number of aromatic nitrogens is 1. The molecule has 0 saturated heterocycles. The summed E-state index contributed by atoms with van der Waals surface area (Å²) in [5, 5.41) is 8.69. The largest absolute Gasteiger partial charge is 0.477 e. The number of carboxylic acids is 1. The first kappa shape index (κ1) is 10.2. The highest BCUT2D eigenvalue weighted by molar-refractivity contribution is 5.87. The molecule has 0 spiro atoms. The molecular weight excluding hydrogens is 210 g/mol. The van der Waals surface area contributed by atoms with Crippen LogP contribution >= 0.6 is 0 Å². The SMILES string of the molecule is Cc1ccc(-c2ccc(C(=O)O)c(=O)[nH]2)o1. The van der Waals surface area contributed by atoms with Crippen molar-refractivity contribution in [2.24, 2.45) is 0 Å². The third-order valence-electron chi connectivity index (χ3n) is 2.15. The van der Waals surface area contributed by atoms with E-state index in [0.717, 1.165) is 5.76 Å². The monoisotopic (exact) mass is 219 g/mol. The standard InChI is InChI=1S/C11H9NO4/c1-6-2-5-9(16-6)8-4-3-7(11(14)15)10(13)12-8/h2-5H,1H3,(H,12,13)(H,14,15). The van der Waals surface area contributed by atoms with Crippen molar-refractivity contribution >= 4 is 5.97 Å². The highest BCUT2D eigenvalue weighted by atomic mass is 16.4. The zero-order chi connectivity index (χ0) is 11.7. The molecule has 2 N–H and O–H groups in total. The number of pyridine rings is 1. The smallest absolute Gasteiger partial charge is 0.341 e. The fourth-order valence-electron chi connectivity index (χ4n) is 1.37. The Kier molecular flexibility index (Phi) is 2.36. The molecule has 2 aromatic heterocycles. The summed E-state index contributed by atoms with van der Waals surface area (Å²) >= 11 is 0. The van der Waals surface area contributed by atoms with E-state index in [4.69, 9.17) is 9.52 Å². The lowest BCUT2D eigenvalue weighted by Crippen LogP contribution is -2.17. The van der Waals surface area contributed by atoms with Crippen molar-refractivity contribution in [2.75, 3.05) is 0 Å². The zero-order valence-electron chi connectivity index (χ0n) is 8.48. The van der Waals surface area contributed by atoms with Crippen molar-refractivity contribution < 1.29 is 14.3 Å². The number of hydrogen-bond acceptors (Lipinski definition) is 3. The summed E-state index contributed by atoms with van der Waals surface area (Å²) in [5.74, 6) is -0.0203. The number of aromatic amines is 1. The molecule has 0 aromatic carbocycles. The lowest BCUT2D eigenvalue weighted by molar-refractivity contribution is 0.0695. The minimum absolute atomic E-state index is 0.285. The molecule has 2 heterocycles. The number of carbonyl (C=O) groups is 1. The molecule has 2 aromatic rings. The Labute approximate surface area is 90.3 Å². The molecule has 0 aliphatic heterocycles. The van der Waals surface area contributed by atoms with Gasteiger partial charge in [-0.2, -0.15) is 0 Å². The van der Waals surface area contributed by atoms with Crippen LogP contribution in [0.5, 0.6) is 0 Å². The van der Waals surface area contributed by atoms with E-state index in [-0.39, 0.29) is 5.56 Å². The van der Waals surface area contributed by atoms with Crippen molar-refractivity contribution in [1.29, 1.82) is 0 Å². The number of carboxylic acid groups (broad SMARTS) is 1. The van der Waals surface area contributed by atoms with Crippen LogP contribution in [0.15, 0.2) is 33.5 Å². The molecule has 2 rings (SSSR count). The number of furan rings is 1. The lowest BCUT2D eigenvalue weighted by Gasteiger charge is -1.98. The second kappa shape index (κ2) is 3.69. The average molecular weight is 219 g/mol. The second-order valence-corrected chi connectivity index (χ2v) is 3.33. The molecule has 5 heteroatoms. The van der Waals surface area contributed by atoms with E-state index >= 15 is 0 Å². The first-order valence-corrected chi connectivity index (χ1v) is 4.61. The number of aryl methyl sites for hydroxylation is 1. The van der Waals surface area contributed by atoms with E-state index in [1.54, 1.807) is 19.1 Å². The van der Waals surface area contributed by atoms with E-state index in [2.05, 4.69) is 4.98 Å². The molecule has 0 radical (unpaired) electrons. The van der Waals surface area contributed by atoms with Crippen LogP contribution < -0.4 is 5.56 Å². The highest BCUT2D eigenvalue weighted by Gasteiger charge is 2.10. The first-order chi connectivity index (χ1) is 7.58. The summed E-state index contributed by atoms with van der Waals surface area (Å²) in [6.07, 6.45) is 0. The van der Waals surface area contributed by atoms with Crippen LogP contribution in [0.1, 0.15) is 16.1 Å². The normalized spacial score (nSPS) is 10.3. The maximum Gasteiger partial charge on any atom is 0.341 e. The van der Waals surface area contributed by atoms with Crippen molar-refractivity contribution in [1.82, 2.24) is 4.98 Å². The van der Waals surface area contributed by atoms with Crippen LogP contribution in [-0.4, -0.2) is 16.1 Å². The molecule has 0 atom stereocenters. The maximum atomic E-state index is 11.4. The van der Waals surface area contributed by atoms with Crippen LogP contribution in [0, 0.1) is 6.92 Å². The van der Waals surface area contributed by atoms with Gasteiger partial charge in [0.1, 0.15) is 11.3 Å². The molecule has 82 valence electrons. The van der Waals surface area contributed by atoms with Gasteiger partial charge in [0.2, 0.25) is 0 Å². The fourth-order valence-corrected chi connectivity index (χ4v) is 1.37. The molecular formula is C11H9NO4. The number of rotatable bonds is 2. The summed E-state index contributed by atoms with van der Waals surface area (Å²) in [7, 11) is 0. The number of H-pyrrole nitrogens is 1. The molecule has 0 fully saturated rings. The second-order valence-electron chi connectivity index (χ2n) is 3.33. The summed E-state index contributed by atoms with van der Waals surface area (Å²) < 4.78 is 5.31. The minimum Gasteiger partial charge on any atom is -0.477 e. The highest BCUT2D eigenvalue weighted by Crippen LogP contribution is 2.18. The Balaban J connectivity index is 2.50. The first-order valence-electron chi connectivity index (χ1n) is 4.61. The zero-order valence-corrected chi connectivity index (χ0v) is 8.48. The van der Waals surface area contributed by atoms with Crippen molar-refractivity contribution in [3.8, 4) is 11.5 Å². The van der Waals surface area contributed by atoms with Gasteiger partial charge in [0.25, 0.3) is 5.56 Å². The van der Waals surface area contributed by atoms with Gasteiger partial charge in [-0.15, -0.1) is 0 Å². The minimum atomic E-state index is -1.25. The van der Waals surface area contributed by atoms with Gasteiger partial charge in [0.15, 0.2) is 5.76 Å². The van der Waals surface area contributed by atoms with Crippen LogP contribution in [0.4, 0.5) is 0 Å². The number of hydrogen-bond donors (Lipinski definition) is 2. The van der Waals surface area contributed by atoms with Gasteiger partial charge < -0.3 is 14.5 Å². The summed E-state index contributed by atoms with van der Waals surface area (Å²) in [4.78, 5) is 24.5. The molecule has 0 saturated carbocycles. The molecule has 0 amide bonds. The lowest BCUT2D eigenvalue weighted by atomic mass is 10.2. The van der Waals surface area contributed by atoms with Crippen LogP contribution in [0.3, 0.4) is 0 Å². The van der Waals surface area contributed by atoms with Gasteiger partial charge in [-0.05, 0) is 31.2 Å².